The Morgan fingerprint density at radius 1 is 0.897 bits per heavy atom. The average Bonchev–Trinajstić information content (AvgIpc) is 2.70. The monoisotopic (exact) mass is 398 g/mol. The van der Waals surface area contributed by atoms with Crippen molar-refractivity contribution >= 4 is 11.8 Å². The average molecular weight is 399 g/mol. The van der Waals surface area contributed by atoms with Crippen LogP contribution in [-0.2, 0) is 32.2 Å². The van der Waals surface area contributed by atoms with E-state index >= 15 is 0 Å². The molecule has 0 amide bonds. The summed E-state index contributed by atoms with van der Waals surface area (Å²) in [6.07, 6.45) is 1.14. The van der Waals surface area contributed by atoms with Crippen LogP contribution in [0.4, 0.5) is 0 Å². The molecule has 0 fully saturated rings. The van der Waals surface area contributed by atoms with Crippen molar-refractivity contribution in [3.63, 3.8) is 0 Å². The van der Waals surface area contributed by atoms with Crippen molar-refractivity contribution in [1.82, 2.24) is 5.01 Å². The number of esters is 1. The molecule has 0 saturated carbocycles. The lowest BCUT2D eigenvalue weighted by molar-refractivity contribution is -0.140. The summed E-state index contributed by atoms with van der Waals surface area (Å²) >= 11 is 0. The fourth-order valence-electron chi connectivity index (χ4n) is 2.34. The number of nitrogens with two attached hydrogens (primary N) is 1. The fraction of sp³-hybridized carbons (Fsp3) is 0.304. The third kappa shape index (κ3) is 10.2. The molecule has 0 aliphatic heterocycles. The Labute approximate surface area is 172 Å². The van der Waals surface area contributed by atoms with Gasteiger partial charge in [-0.2, -0.15) is 0 Å². The smallest absolute Gasteiger partial charge is 0.344 e. The first-order chi connectivity index (χ1) is 14.0. The second-order valence-electron chi connectivity index (χ2n) is 6.14. The molecule has 0 aliphatic rings. The summed E-state index contributed by atoms with van der Waals surface area (Å²) in [4.78, 5) is 22.0. The number of hydrogen-bond acceptors (Lipinski definition) is 6. The Morgan fingerprint density at radius 2 is 1.38 bits per heavy atom. The van der Waals surface area contributed by atoms with Crippen LogP contribution in [-0.4, -0.2) is 30.0 Å². The molecule has 6 nitrogen and oxygen atoms in total. The Balaban J connectivity index is 0.000000298. The van der Waals surface area contributed by atoms with E-state index in [0.29, 0.717) is 6.61 Å². The minimum Gasteiger partial charge on any atom is -0.500 e. The molecule has 0 aliphatic carbocycles. The summed E-state index contributed by atoms with van der Waals surface area (Å²) in [5.41, 5.74) is 2.42. The molecule has 0 atom stereocenters. The topological polar surface area (TPSA) is 81.9 Å². The van der Waals surface area contributed by atoms with E-state index in [1.165, 1.54) is 18.1 Å². The zero-order valence-electron chi connectivity index (χ0n) is 17.3. The maximum absolute atomic E-state index is 11.1. The van der Waals surface area contributed by atoms with Crippen LogP contribution >= 0.6 is 0 Å². The molecule has 6 heteroatoms. The van der Waals surface area contributed by atoms with Gasteiger partial charge in [-0.15, -0.1) is 0 Å². The Bertz CT molecular complexity index is 719. The van der Waals surface area contributed by atoms with E-state index in [9.17, 15) is 9.59 Å². The molecule has 2 aromatic rings. The van der Waals surface area contributed by atoms with Crippen LogP contribution in [0.3, 0.4) is 0 Å². The molecule has 0 saturated heterocycles. The predicted molar refractivity (Wildman–Crippen MR) is 113 cm³/mol. The standard InChI is InChI=1S/C14H16N2.C9H14O4/c15-16(11-13-7-3-1-4-8-13)12-14-9-5-2-6-10-14;1-4-12-6-8(7(3)10)9(11)13-5-2/h1-10H,11-12,15H2;6H,4-5H2,1-3H3. The van der Waals surface area contributed by atoms with Gasteiger partial charge in [0.1, 0.15) is 11.8 Å². The summed E-state index contributed by atoms with van der Waals surface area (Å²) in [6.45, 7) is 6.94. The van der Waals surface area contributed by atoms with Gasteiger partial charge in [0.2, 0.25) is 0 Å². The Hall–Kier alpha value is -2.96. The lowest BCUT2D eigenvalue weighted by Crippen LogP contribution is -2.29. The van der Waals surface area contributed by atoms with E-state index in [0.717, 1.165) is 19.4 Å². The van der Waals surface area contributed by atoms with Crippen molar-refractivity contribution in [2.75, 3.05) is 13.2 Å². The molecule has 0 radical (unpaired) electrons. The number of hydrazine groups is 1. The molecule has 0 heterocycles. The van der Waals surface area contributed by atoms with E-state index in [4.69, 9.17) is 10.6 Å². The molecule has 0 bridgehead atoms. The highest BCUT2D eigenvalue weighted by Gasteiger charge is 2.15. The summed E-state index contributed by atoms with van der Waals surface area (Å²) in [5.74, 6) is 4.98. The van der Waals surface area contributed by atoms with Crippen LogP contribution in [0.2, 0.25) is 0 Å². The number of hydrogen-bond donors (Lipinski definition) is 1. The third-order valence-corrected chi connectivity index (χ3v) is 3.70. The van der Waals surface area contributed by atoms with E-state index in [-0.39, 0.29) is 18.0 Å². The summed E-state index contributed by atoms with van der Waals surface area (Å²) in [7, 11) is 0. The molecule has 0 aromatic heterocycles. The number of rotatable bonds is 9. The van der Waals surface area contributed by atoms with Crippen LogP contribution in [0.25, 0.3) is 0 Å². The first kappa shape index (κ1) is 24.1. The molecule has 2 N–H and O–H groups in total. The lowest BCUT2D eigenvalue weighted by atomic mass is 10.2. The number of nitrogens with zero attached hydrogens (tertiary/aromatic N) is 1. The van der Waals surface area contributed by atoms with Gasteiger partial charge >= 0.3 is 5.97 Å². The highest BCUT2D eigenvalue weighted by molar-refractivity contribution is 6.16. The normalized spacial score (nSPS) is 10.7. The van der Waals surface area contributed by atoms with Crippen LogP contribution in [0, 0.1) is 0 Å². The maximum Gasteiger partial charge on any atom is 0.344 e. The van der Waals surface area contributed by atoms with Crippen molar-refractivity contribution < 1.29 is 19.1 Å². The number of carbonyl (C=O) groups excluding carboxylic acids is 2. The van der Waals surface area contributed by atoms with Gasteiger partial charge in [-0.05, 0) is 31.9 Å². The van der Waals surface area contributed by atoms with Gasteiger partial charge < -0.3 is 9.47 Å². The maximum atomic E-state index is 11.1. The number of Topliss-reactive ketones (excluding diaryl/α,β-unsaturated/α-hetero) is 1. The molecule has 2 aromatic carbocycles. The molecule has 2 rings (SSSR count). The van der Waals surface area contributed by atoms with Crippen LogP contribution in [0.15, 0.2) is 72.5 Å². The minimum atomic E-state index is -0.636. The zero-order valence-corrected chi connectivity index (χ0v) is 17.3. The van der Waals surface area contributed by atoms with Gasteiger partial charge in [-0.3, -0.25) is 10.6 Å². The second kappa shape index (κ2) is 14.1. The van der Waals surface area contributed by atoms with Gasteiger partial charge in [-0.25, -0.2) is 9.80 Å². The molecular weight excluding hydrogens is 368 g/mol. The van der Waals surface area contributed by atoms with E-state index in [2.05, 4.69) is 29.0 Å². The number of ether oxygens (including phenoxy) is 2. The first-order valence-electron chi connectivity index (χ1n) is 9.55. The zero-order chi connectivity index (χ0) is 21.5. The van der Waals surface area contributed by atoms with Crippen LogP contribution in [0.5, 0.6) is 0 Å². The van der Waals surface area contributed by atoms with E-state index in [1.54, 1.807) is 13.8 Å². The molecule has 156 valence electrons. The third-order valence-electron chi connectivity index (χ3n) is 3.70. The molecule has 0 unspecified atom stereocenters. The van der Waals surface area contributed by atoms with Gasteiger partial charge in [0.25, 0.3) is 0 Å². The number of benzene rings is 2. The van der Waals surface area contributed by atoms with Gasteiger partial charge in [0.05, 0.1) is 13.2 Å². The molecule has 0 spiro atoms. The van der Waals surface area contributed by atoms with Gasteiger partial charge in [0.15, 0.2) is 5.78 Å². The van der Waals surface area contributed by atoms with Crippen molar-refractivity contribution in [1.29, 1.82) is 0 Å². The quantitative estimate of drug-likeness (QED) is 0.132. The minimum absolute atomic E-state index is 0.0521. The van der Waals surface area contributed by atoms with Crippen molar-refractivity contribution in [3.05, 3.63) is 83.6 Å². The van der Waals surface area contributed by atoms with Gasteiger partial charge in [-0.1, -0.05) is 60.7 Å². The van der Waals surface area contributed by atoms with Crippen molar-refractivity contribution in [3.8, 4) is 0 Å². The summed E-state index contributed by atoms with van der Waals surface area (Å²) in [5, 5.41) is 1.82. The number of ketones is 1. The van der Waals surface area contributed by atoms with Crippen LogP contribution < -0.4 is 5.84 Å². The second-order valence-corrected chi connectivity index (χ2v) is 6.14. The highest BCUT2D eigenvalue weighted by atomic mass is 16.5. The lowest BCUT2D eigenvalue weighted by Gasteiger charge is -2.16. The highest BCUT2D eigenvalue weighted by Crippen LogP contribution is 2.06. The Kier molecular flexibility index (Phi) is 11.7. The predicted octanol–water partition coefficient (Wildman–Crippen LogP) is 3.62. The first-order valence-corrected chi connectivity index (χ1v) is 9.55. The van der Waals surface area contributed by atoms with Gasteiger partial charge in [0, 0.05) is 13.1 Å². The van der Waals surface area contributed by atoms with Crippen molar-refractivity contribution in [2.24, 2.45) is 5.84 Å². The summed E-state index contributed by atoms with van der Waals surface area (Å²) in [6, 6.07) is 20.5. The van der Waals surface area contributed by atoms with Crippen LogP contribution in [0.1, 0.15) is 31.9 Å². The largest absolute Gasteiger partial charge is 0.500 e. The number of carbonyl (C=O) groups is 2. The Morgan fingerprint density at radius 3 is 1.76 bits per heavy atom. The van der Waals surface area contributed by atoms with Crippen molar-refractivity contribution in [2.45, 2.75) is 33.9 Å². The molecular formula is C23H30N2O4. The van der Waals surface area contributed by atoms with E-state index < -0.39 is 5.97 Å². The fourth-order valence-corrected chi connectivity index (χ4v) is 2.34. The molecule has 29 heavy (non-hydrogen) atoms. The SMILES string of the molecule is CCOC=C(C(C)=O)C(=O)OCC.NN(Cc1ccccc1)Cc1ccccc1. The summed E-state index contributed by atoms with van der Waals surface area (Å²) < 4.78 is 9.50. The van der Waals surface area contributed by atoms with E-state index in [1.807, 2.05) is 41.4 Å².